The molecule has 2 nitrogen and oxygen atoms in total. The number of aromatic carboxylic acids is 1. The van der Waals surface area contributed by atoms with Crippen LogP contribution < -0.4 is 0 Å². The summed E-state index contributed by atoms with van der Waals surface area (Å²) in [6.45, 7) is 0. The molecule has 1 aromatic heterocycles. The van der Waals surface area contributed by atoms with Crippen molar-refractivity contribution in [1.82, 2.24) is 0 Å². The normalized spacial score (nSPS) is 10.6. The van der Waals surface area contributed by atoms with Crippen molar-refractivity contribution in [3.05, 3.63) is 50.1 Å². The molecule has 6 heteroatoms. The predicted octanol–water partition coefficient (Wildman–Crippen LogP) is 5.05. The number of halogens is 2. The highest BCUT2D eigenvalue weighted by molar-refractivity contribution is 7.98. The lowest BCUT2D eigenvalue weighted by molar-refractivity contribution is 0.0699. The van der Waals surface area contributed by atoms with Gasteiger partial charge in [0.15, 0.2) is 0 Å². The molecule has 0 amide bonds. The molecule has 1 heterocycles. The molecule has 0 aliphatic carbocycles. The number of rotatable bonds is 4. The van der Waals surface area contributed by atoms with Crippen LogP contribution in [0.15, 0.2) is 34.5 Å². The van der Waals surface area contributed by atoms with Crippen molar-refractivity contribution in [3.63, 3.8) is 0 Å². The zero-order chi connectivity index (χ0) is 13.1. The molecule has 2 aromatic rings. The van der Waals surface area contributed by atoms with Crippen molar-refractivity contribution in [2.24, 2.45) is 0 Å². The highest BCUT2D eigenvalue weighted by Gasteiger charge is 2.13. The van der Waals surface area contributed by atoms with Crippen LogP contribution in [0.1, 0.15) is 15.2 Å². The van der Waals surface area contributed by atoms with E-state index in [4.69, 9.17) is 28.3 Å². The van der Waals surface area contributed by atoms with E-state index in [1.807, 2.05) is 12.1 Å². The standard InChI is InChI=1S/C12H8Cl2O2S2/c13-8-3-1-2-7(10(8)14)6-18-9-4-5-17-11(9)12(15)16/h1-5H,6H2,(H,15,16). The Morgan fingerprint density at radius 3 is 2.83 bits per heavy atom. The maximum Gasteiger partial charge on any atom is 0.347 e. The first-order valence-electron chi connectivity index (χ1n) is 4.96. The molecule has 0 fully saturated rings. The lowest BCUT2D eigenvalue weighted by Crippen LogP contribution is -1.93. The largest absolute Gasteiger partial charge is 0.477 e. The average molecular weight is 319 g/mol. The Kier molecular flexibility index (Phi) is 4.56. The Morgan fingerprint density at radius 1 is 1.33 bits per heavy atom. The smallest absolute Gasteiger partial charge is 0.347 e. The lowest BCUT2D eigenvalue weighted by Gasteiger charge is -2.05. The van der Waals surface area contributed by atoms with Gasteiger partial charge in [-0.15, -0.1) is 23.1 Å². The summed E-state index contributed by atoms with van der Waals surface area (Å²) < 4.78 is 0. The van der Waals surface area contributed by atoms with Gasteiger partial charge in [0.05, 0.1) is 10.0 Å². The van der Waals surface area contributed by atoms with Crippen LogP contribution in [-0.2, 0) is 5.75 Å². The monoisotopic (exact) mass is 318 g/mol. The third-order valence-electron chi connectivity index (χ3n) is 2.24. The Labute approximate surface area is 123 Å². The van der Waals surface area contributed by atoms with Crippen LogP contribution in [0, 0.1) is 0 Å². The van der Waals surface area contributed by atoms with Crippen LogP contribution in [0.5, 0.6) is 0 Å². The van der Waals surface area contributed by atoms with Crippen molar-refractivity contribution in [2.45, 2.75) is 10.6 Å². The second kappa shape index (κ2) is 5.97. The minimum absolute atomic E-state index is 0.359. The maximum absolute atomic E-state index is 11.0. The van der Waals surface area contributed by atoms with Crippen molar-refractivity contribution in [1.29, 1.82) is 0 Å². The van der Waals surface area contributed by atoms with Gasteiger partial charge in [-0.2, -0.15) is 0 Å². The van der Waals surface area contributed by atoms with E-state index in [0.717, 1.165) is 10.5 Å². The second-order valence-corrected chi connectivity index (χ2v) is 6.14. The van der Waals surface area contributed by atoms with Gasteiger partial charge in [0, 0.05) is 10.6 Å². The highest BCUT2D eigenvalue weighted by Crippen LogP contribution is 2.34. The topological polar surface area (TPSA) is 37.3 Å². The maximum atomic E-state index is 11.0. The third kappa shape index (κ3) is 3.01. The summed E-state index contributed by atoms with van der Waals surface area (Å²) in [5, 5.41) is 11.8. The Bertz CT molecular complexity index is 581. The first-order chi connectivity index (χ1) is 8.59. The Hall–Kier alpha value is -0.680. The number of carboxylic acid groups (broad SMARTS) is 1. The predicted molar refractivity (Wildman–Crippen MR) is 77.3 cm³/mol. The van der Waals surface area contributed by atoms with E-state index >= 15 is 0 Å². The van der Waals surface area contributed by atoms with E-state index in [1.165, 1.54) is 23.1 Å². The number of hydrogen-bond donors (Lipinski definition) is 1. The fourth-order valence-corrected chi connectivity index (χ4v) is 3.82. The number of carbonyl (C=O) groups is 1. The second-order valence-electron chi connectivity index (χ2n) is 3.42. The molecule has 0 aliphatic rings. The van der Waals surface area contributed by atoms with Gasteiger partial charge >= 0.3 is 5.97 Å². The average Bonchev–Trinajstić information content (AvgIpc) is 2.79. The van der Waals surface area contributed by atoms with E-state index in [1.54, 1.807) is 17.5 Å². The minimum Gasteiger partial charge on any atom is -0.477 e. The van der Waals surface area contributed by atoms with Gasteiger partial charge in [-0.05, 0) is 23.1 Å². The third-order valence-corrected chi connectivity index (χ3v) is 5.23. The molecular formula is C12H8Cl2O2S2. The zero-order valence-corrected chi connectivity index (χ0v) is 12.2. The molecule has 0 saturated carbocycles. The Balaban J connectivity index is 2.14. The van der Waals surface area contributed by atoms with E-state index in [0.29, 0.717) is 20.7 Å². The van der Waals surface area contributed by atoms with Crippen molar-refractivity contribution >= 4 is 52.3 Å². The minimum atomic E-state index is -0.898. The van der Waals surface area contributed by atoms with Crippen LogP contribution >= 0.6 is 46.3 Å². The van der Waals surface area contributed by atoms with Crippen LogP contribution in [-0.4, -0.2) is 11.1 Å². The SMILES string of the molecule is O=C(O)c1sccc1SCc1cccc(Cl)c1Cl. The lowest BCUT2D eigenvalue weighted by atomic mass is 10.2. The number of carboxylic acids is 1. The molecule has 18 heavy (non-hydrogen) atoms. The van der Waals surface area contributed by atoms with Gasteiger partial charge < -0.3 is 5.11 Å². The van der Waals surface area contributed by atoms with Gasteiger partial charge in [-0.25, -0.2) is 4.79 Å². The first kappa shape index (κ1) is 13.7. The van der Waals surface area contributed by atoms with Crippen LogP contribution in [0.25, 0.3) is 0 Å². The van der Waals surface area contributed by atoms with Crippen LogP contribution in [0.3, 0.4) is 0 Å². The summed E-state index contributed by atoms with van der Waals surface area (Å²) >= 11 is 14.7. The summed E-state index contributed by atoms with van der Waals surface area (Å²) in [5.41, 5.74) is 0.900. The summed E-state index contributed by atoms with van der Waals surface area (Å²) in [4.78, 5) is 12.1. The van der Waals surface area contributed by atoms with E-state index < -0.39 is 5.97 Å². The Morgan fingerprint density at radius 2 is 2.11 bits per heavy atom. The van der Waals surface area contributed by atoms with E-state index in [9.17, 15) is 4.79 Å². The van der Waals surface area contributed by atoms with Gasteiger partial charge in [0.2, 0.25) is 0 Å². The molecule has 0 bridgehead atoms. The van der Waals surface area contributed by atoms with Gasteiger partial charge in [0.1, 0.15) is 4.88 Å². The molecule has 1 aromatic carbocycles. The number of thiophene rings is 1. The zero-order valence-electron chi connectivity index (χ0n) is 9.02. The van der Waals surface area contributed by atoms with E-state index in [-0.39, 0.29) is 0 Å². The fourth-order valence-electron chi connectivity index (χ4n) is 1.38. The summed E-state index contributed by atoms with van der Waals surface area (Å²) in [6, 6.07) is 7.24. The van der Waals surface area contributed by atoms with Crippen LogP contribution in [0.4, 0.5) is 0 Å². The molecule has 0 aliphatic heterocycles. The summed E-state index contributed by atoms with van der Waals surface area (Å²) in [7, 11) is 0. The van der Waals surface area contributed by atoms with E-state index in [2.05, 4.69) is 0 Å². The number of hydrogen-bond acceptors (Lipinski definition) is 3. The molecule has 0 radical (unpaired) electrons. The van der Waals surface area contributed by atoms with Gasteiger partial charge in [-0.1, -0.05) is 35.3 Å². The fraction of sp³-hybridized carbons (Fsp3) is 0.0833. The molecule has 0 saturated heterocycles. The molecule has 0 atom stereocenters. The molecule has 0 unspecified atom stereocenters. The molecule has 0 spiro atoms. The van der Waals surface area contributed by atoms with Crippen LogP contribution in [0.2, 0.25) is 10.0 Å². The summed E-state index contributed by atoms with van der Waals surface area (Å²) in [5.74, 6) is -0.305. The molecule has 2 rings (SSSR count). The molecule has 94 valence electrons. The van der Waals surface area contributed by atoms with Crippen molar-refractivity contribution in [3.8, 4) is 0 Å². The number of benzene rings is 1. The summed E-state index contributed by atoms with van der Waals surface area (Å²) in [6.07, 6.45) is 0. The van der Waals surface area contributed by atoms with Gasteiger partial charge in [-0.3, -0.25) is 0 Å². The molecular weight excluding hydrogens is 311 g/mol. The van der Waals surface area contributed by atoms with Gasteiger partial charge in [0.25, 0.3) is 0 Å². The quantitative estimate of drug-likeness (QED) is 0.802. The highest BCUT2D eigenvalue weighted by atomic mass is 35.5. The molecule has 1 N–H and O–H groups in total. The van der Waals surface area contributed by atoms with Crippen molar-refractivity contribution in [2.75, 3.05) is 0 Å². The number of thioether (sulfide) groups is 1. The first-order valence-corrected chi connectivity index (χ1v) is 7.58. The van der Waals surface area contributed by atoms with Crippen molar-refractivity contribution < 1.29 is 9.90 Å².